The molecule has 2 fully saturated rings. The Bertz CT molecular complexity index is 1080. The second-order valence-electron chi connectivity index (χ2n) is 9.69. The average molecular weight is 624 g/mol. The fourth-order valence-electron chi connectivity index (χ4n) is 5.04. The van der Waals surface area contributed by atoms with Gasteiger partial charge in [-0.15, -0.1) is 11.3 Å². The first-order valence-electron chi connectivity index (χ1n) is 14.4. The van der Waals surface area contributed by atoms with Crippen molar-refractivity contribution in [2.75, 3.05) is 18.1 Å². The Hall–Kier alpha value is -2.17. The first kappa shape index (κ1) is 31.4. The third-order valence-electron chi connectivity index (χ3n) is 7.20. The minimum absolute atomic E-state index is 0.186. The predicted molar refractivity (Wildman–Crippen MR) is 160 cm³/mol. The summed E-state index contributed by atoms with van der Waals surface area (Å²) in [5, 5.41) is 15.8. The number of anilines is 1. The second kappa shape index (κ2) is 15.6. The number of ether oxygens (including phenoxy) is 1. The van der Waals surface area contributed by atoms with Crippen LogP contribution in [0.15, 0.2) is 28.9 Å². The molecule has 0 spiro atoms. The van der Waals surface area contributed by atoms with E-state index in [1.165, 1.54) is 24.2 Å². The molecule has 0 radical (unpaired) electrons. The smallest absolute Gasteiger partial charge is 0.262 e. The van der Waals surface area contributed by atoms with E-state index < -0.39 is 12.1 Å². The summed E-state index contributed by atoms with van der Waals surface area (Å²) in [6.07, 6.45) is 7.93. The minimum Gasteiger partial charge on any atom is -0.474 e. The van der Waals surface area contributed by atoms with Crippen LogP contribution in [-0.2, 0) is 11.3 Å². The number of carbonyl (C=O) groups is 2. The van der Waals surface area contributed by atoms with Crippen molar-refractivity contribution in [1.29, 1.82) is 0 Å². The molecular formula is C29H43BrN4O4S. The first-order chi connectivity index (χ1) is 19.0. The Morgan fingerprint density at radius 3 is 2.59 bits per heavy atom. The Kier molecular flexibility index (Phi) is 12.5. The quantitative estimate of drug-likeness (QED) is 0.350. The molecule has 3 heterocycles. The monoisotopic (exact) mass is 622 g/mol. The maximum absolute atomic E-state index is 13.1. The average Bonchev–Trinajstić information content (AvgIpc) is 3.65. The number of pyridine rings is 1. The third-order valence-corrected chi connectivity index (χ3v) is 8.71. The second-order valence-corrected chi connectivity index (χ2v) is 11.8. The SMILES string of the molecule is CC.CC.O=C(NC(CC1CCCC1)C(=O)NC1CCC1O)c1ccc(CN2CCOc3ncc(Br)cc32)s1. The molecule has 2 aliphatic carbocycles. The molecule has 1 aliphatic heterocycles. The number of hydrogen-bond donors (Lipinski definition) is 3. The van der Waals surface area contributed by atoms with Crippen molar-refractivity contribution in [1.82, 2.24) is 15.6 Å². The van der Waals surface area contributed by atoms with Gasteiger partial charge in [-0.05, 0) is 59.3 Å². The lowest BCUT2D eigenvalue weighted by molar-refractivity contribution is -0.126. The summed E-state index contributed by atoms with van der Waals surface area (Å²) in [4.78, 5) is 34.3. The molecule has 2 saturated carbocycles. The highest BCUT2D eigenvalue weighted by Crippen LogP contribution is 2.34. The number of aromatic nitrogens is 1. The summed E-state index contributed by atoms with van der Waals surface area (Å²) in [5.41, 5.74) is 0.927. The van der Waals surface area contributed by atoms with Crippen LogP contribution in [-0.4, -0.2) is 53.2 Å². The summed E-state index contributed by atoms with van der Waals surface area (Å²) in [6.45, 7) is 9.95. The molecule has 2 amide bonds. The summed E-state index contributed by atoms with van der Waals surface area (Å²) in [5.74, 6) is 0.658. The topological polar surface area (TPSA) is 104 Å². The van der Waals surface area contributed by atoms with Crippen LogP contribution in [0.2, 0.25) is 0 Å². The van der Waals surface area contributed by atoms with Gasteiger partial charge in [-0.2, -0.15) is 0 Å². The van der Waals surface area contributed by atoms with Gasteiger partial charge >= 0.3 is 0 Å². The van der Waals surface area contributed by atoms with E-state index in [0.717, 1.165) is 40.8 Å². The van der Waals surface area contributed by atoms with Gasteiger partial charge < -0.3 is 25.4 Å². The zero-order valence-corrected chi connectivity index (χ0v) is 25.9. The molecule has 5 rings (SSSR count). The van der Waals surface area contributed by atoms with Crippen LogP contribution in [0, 0.1) is 5.92 Å². The Morgan fingerprint density at radius 2 is 1.92 bits per heavy atom. The van der Waals surface area contributed by atoms with Crippen LogP contribution < -0.4 is 20.3 Å². The number of carbonyl (C=O) groups excluding carboxylic acids is 2. The lowest BCUT2D eigenvalue weighted by atomic mass is 9.88. The Morgan fingerprint density at radius 1 is 1.18 bits per heavy atom. The van der Waals surface area contributed by atoms with Crippen LogP contribution >= 0.6 is 27.3 Å². The Balaban J connectivity index is 0.00000100. The number of hydrogen-bond acceptors (Lipinski definition) is 7. The van der Waals surface area contributed by atoms with E-state index in [1.54, 1.807) is 6.20 Å². The zero-order valence-electron chi connectivity index (χ0n) is 23.5. The molecule has 3 aliphatic rings. The number of halogens is 1. The molecule has 0 saturated heterocycles. The fourth-order valence-corrected chi connectivity index (χ4v) is 6.28. The van der Waals surface area contributed by atoms with Crippen LogP contribution in [0.25, 0.3) is 0 Å². The van der Waals surface area contributed by atoms with Crippen LogP contribution in [0.1, 0.15) is 87.2 Å². The molecule has 2 aromatic heterocycles. The van der Waals surface area contributed by atoms with Crippen molar-refractivity contribution in [3.05, 3.63) is 38.6 Å². The molecule has 8 nitrogen and oxygen atoms in total. The molecule has 3 N–H and O–H groups in total. The maximum atomic E-state index is 13.1. The van der Waals surface area contributed by atoms with Crippen LogP contribution in [0.5, 0.6) is 5.88 Å². The van der Waals surface area contributed by atoms with E-state index in [0.29, 0.717) is 42.7 Å². The molecule has 10 heteroatoms. The molecule has 216 valence electrons. The number of amides is 2. The van der Waals surface area contributed by atoms with E-state index in [9.17, 15) is 14.7 Å². The van der Waals surface area contributed by atoms with Gasteiger partial charge in [0.1, 0.15) is 18.3 Å². The normalized spacial score (nSPS) is 20.6. The Labute approximate surface area is 245 Å². The molecule has 39 heavy (non-hydrogen) atoms. The largest absolute Gasteiger partial charge is 0.474 e. The number of nitrogens with zero attached hydrogens (tertiary/aromatic N) is 2. The summed E-state index contributed by atoms with van der Waals surface area (Å²) < 4.78 is 6.56. The highest BCUT2D eigenvalue weighted by molar-refractivity contribution is 9.10. The van der Waals surface area contributed by atoms with Crippen molar-refractivity contribution in [2.45, 2.75) is 97.4 Å². The van der Waals surface area contributed by atoms with Crippen LogP contribution in [0.4, 0.5) is 5.69 Å². The zero-order chi connectivity index (χ0) is 28.4. The van der Waals surface area contributed by atoms with Gasteiger partial charge in [0.15, 0.2) is 0 Å². The molecule has 0 aromatic carbocycles. The molecular weight excluding hydrogens is 580 g/mol. The number of thiophene rings is 1. The molecule has 3 unspecified atom stereocenters. The lowest BCUT2D eigenvalue weighted by Crippen LogP contribution is -2.56. The summed E-state index contributed by atoms with van der Waals surface area (Å²) >= 11 is 4.92. The van der Waals surface area contributed by atoms with Gasteiger partial charge in [-0.3, -0.25) is 9.59 Å². The van der Waals surface area contributed by atoms with Crippen molar-refractivity contribution < 1.29 is 19.4 Å². The van der Waals surface area contributed by atoms with Gasteiger partial charge in [0.25, 0.3) is 5.91 Å². The third kappa shape index (κ3) is 8.41. The highest BCUT2D eigenvalue weighted by Gasteiger charge is 2.34. The number of fused-ring (bicyclic) bond motifs is 1. The fraction of sp³-hybridized carbons (Fsp3) is 0.621. The predicted octanol–water partition coefficient (Wildman–Crippen LogP) is 5.68. The van der Waals surface area contributed by atoms with Gasteiger partial charge in [0, 0.05) is 15.5 Å². The van der Waals surface area contributed by atoms with Gasteiger partial charge in [0.2, 0.25) is 11.8 Å². The van der Waals surface area contributed by atoms with Gasteiger partial charge in [-0.25, -0.2) is 4.98 Å². The van der Waals surface area contributed by atoms with E-state index in [2.05, 4.69) is 36.4 Å². The first-order valence-corrected chi connectivity index (χ1v) is 16.0. The molecule has 0 bridgehead atoms. The summed E-state index contributed by atoms with van der Waals surface area (Å²) in [7, 11) is 0. The van der Waals surface area contributed by atoms with E-state index in [-0.39, 0.29) is 17.9 Å². The van der Waals surface area contributed by atoms with Gasteiger partial charge in [-0.1, -0.05) is 53.4 Å². The maximum Gasteiger partial charge on any atom is 0.262 e. The minimum atomic E-state index is -0.585. The standard InChI is InChI=1S/C25H31BrN4O4S.2C2H6/c26-16-12-20-25(27-13-16)34-10-9-30(20)14-17-5-8-22(35-17)24(33)29-19(11-15-3-1-2-4-15)23(32)28-18-6-7-21(18)31;2*1-2/h5,8,12-13,15,18-19,21,31H,1-4,6-7,9-11,14H2,(H,28,32)(H,29,33);2*1-2H3. The number of aliphatic hydroxyl groups is 1. The number of rotatable bonds is 8. The summed E-state index contributed by atoms with van der Waals surface area (Å²) in [6, 6.07) is 5.00. The number of aliphatic hydroxyl groups excluding tert-OH is 1. The van der Waals surface area contributed by atoms with Crippen molar-refractivity contribution in [3.63, 3.8) is 0 Å². The lowest BCUT2D eigenvalue weighted by Gasteiger charge is -2.34. The van der Waals surface area contributed by atoms with E-state index in [1.807, 2.05) is 45.9 Å². The van der Waals surface area contributed by atoms with Crippen molar-refractivity contribution >= 4 is 44.8 Å². The van der Waals surface area contributed by atoms with E-state index in [4.69, 9.17) is 4.74 Å². The van der Waals surface area contributed by atoms with Crippen molar-refractivity contribution in [2.24, 2.45) is 5.92 Å². The van der Waals surface area contributed by atoms with E-state index >= 15 is 0 Å². The van der Waals surface area contributed by atoms with Crippen LogP contribution in [0.3, 0.4) is 0 Å². The van der Waals surface area contributed by atoms with Gasteiger partial charge in [0.05, 0.1) is 30.1 Å². The van der Waals surface area contributed by atoms with Crippen molar-refractivity contribution in [3.8, 4) is 5.88 Å². The number of nitrogens with one attached hydrogen (secondary N) is 2. The molecule has 3 atom stereocenters. The molecule has 2 aromatic rings. The highest BCUT2D eigenvalue weighted by atomic mass is 79.9.